The number of nitrogens with zero attached hydrogens (tertiary/aromatic N) is 1. The Morgan fingerprint density at radius 2 is 1.94 bits per heavy atom. The fraction of sp³-hybridized carbons (Fsp3) is 0.833. The minimum Gasteiger partial charge on any atom is -0.347 e. The second-order valence-electron chi connectivity index (χ2n) is 4.78. The summed E-state index contributed by atoms with van der Waals surface area (Å²) in [5, 5.41) is 3.41. The molecular formula is C12H20N2O2S. The molecule has 1 N–H and O–H groups in total. The van der Waals surface area contributed by atoms with E-state index in [1.54, 1.807) is 0 Å². The van der Waals surface area contributed by atoms with Crippen molar-refractivity contribution in [2.75, 3.05) is 19.3 Å². The van der Waals surface area contributed by atoms with Crippen LogP contribution < -0.4 is 5.32 Å². The first-order valence-electron chi connectivity index (χ1n) is 6.29. The molecule has 2 rings (SSSR count). The molecule has 0 aromatic rings. The molecule has 0 bridgehead atoms. The molecule has 4 nitrogen and oxygen atoms in total. The number of rotatable bonds is 2. The fourth-order valence-corrected chi connectivity index (χ4v) is 3.43. The zero-order valence-corrected chi connectivity index (χ0v) is 11.1. The van der Waals surface area contributed by atoms with Gasteiger partial charge in [0.05, 0.1) is 6.54 Å². The van der Waals surface area contributed by atoms with Crippen LogP contribution in [0.3, 0.4) is 0 Å². The smallest absolute Gasteiger partial charge is 0.242 e. The van der Waals surface area contributed by atoms with Crippen molar-refractivity contribution in [3.05, 3.63) is 0 Å². The lowest BCUT2D eigenvalue weighted by molar-refractivity contribution is -0.132. The average Bonchev–Trinajstić information content (AvgIpc) is 2.52. The molecule has 96 valence electrons. The highest BCUT2D eigenvalue weighted by Crippen LogP contribution is 2.29. The Bertz CT molecular complexity index is 301. The number of nitrogens with one attached hydrogen (secondary N) is 1. The summed E-state index contributed by atoms with van der Waals surface area (Å²) in [6, 6.07) is 0.360. The van der Waals surface area contributed by atoms with E-state index in [1.807, 2.05) is 16.7 Å². The molecule has 0 atom stereocenters. The molecule has 1 aliphatic carbocycles. The van der Waals surface area contributed by atoms with Crippen LogP contribution in [0.1, 0.15) is 32.1 Å². The van der Waals surface area contributed by atoms with Crippen LogP contribution in [-0.4, -0.2) is 47.4 Å². The van der Waals surface area contributed by atoms with Crippen LogP contribution in [0, 0.1) is 0 Å². The van der Waals surface area contributed by atoms with E-state index in [0.717, 1.165) is 18.1 Å². The van der Waals surface area contributed by atoms with Gasteiger partial charge >= 0.3 is 0 Å². The summed E-state index contributed by atoms with van der Waals surface area (Å²) in [4.78, 5) is 25.1. The topological polar surface area (TPSA) is 49.4 Å². The van der Waals surface area contributed by atoms with Crippen molar-refractivity contribution in [2.24, 2.45) is 0 Å². The second kappa shape index (κ2) is 5.76. The summed E-state index contributed by atoms with van der Waals surface area (Å²) in [7, 11) is 0. The van der Waals surface area contributed by atoms with Gasteiger partial charge in [-0.2, -0.15) is 11.8 Å². The quantitative estimate of drug-likeness (QED) is 0.802. The summed E-state index contributed by atoms with van der Waals surface area (Å²) in [5.74, 6) is 0.0853. The molecule has 1 heterocycles. The van der Waals surface area contributed by atoms with Crippen molar-refractivity contribution in [1.29, 1.82) is 0 Å². The number of hydrogen-bond acceptors (Lipinski definition) is 3. The summed E-state index contributed by atoms with van der Waals surface area (Å²) in [5.41, 5.74) is 0. The molecule has 0 unspecified atom stereocenters. The third kappa shape index (κ3) is 3.15. The molecule has 1 saturated heterocycles. The molecule has 2 aliphatic rings. The van der Waals surface area contributed by atoms with Gasteiger partial charge in [-0.1, -0.05) is 0 Å². The molecule has 1 aliphatic heterocycles. The van der Waals surface area contributed by atoms with E-state index in [0.29, 0.717) is 19.0 Å². The molecule has 1 saturated carbocycles. The van der Waals surface area contributed by atoms with Crippen LogP contribution in [-0.2, 0) is 9.59 Å². The van der Waals surface area contributed by atoms with E-state index >= 15 is 0 Å². The minimum absolute atomic E-state index is 0.00125. The van der Waals surface area contributed by atoms with Gasteiger partial charge in [-0.05, 0) is 31.9 Å². The Labute approximate surface area is 106 Å². The van der Waals surface area contributed by atoms with Gasteiger partial charge in [0, 0.05) is 24.3 Å². The molecule has 0 aromatic carbocycles. The number of carbonyl (C=O) groups excluding carboxylic acids is 2. The molecule has 5 heteroatoms. The maximum absolute atomic E-state index is 11.9. The number of hydrogen-bond donors (Lipinski definition) is 1. The fourth-order valence-electron chi connectivity index (χ4n) is 2.69. The van der Waals surface area contributed by atoms with E-state index in [2.05, 4.69) is 11.6 Å². The van der Waals surface area contributed by atoms with Crippen LogP contribution in [0.25, 0.3) is 0 Å². The summed E-state index contributed by atoms with van der Waals surface area (Å²) in [6.07, 6.45) is 7.17. The standard InChI is InChI=1S/C12H20N2O2S/c1-17-10-4-2-9(3-5-10)14-7-6-11(15)13-8-12(14)16/h9-10H,2-8H2,1H3,(H,13,15). The van der Waals surface area contributed by atoms with Gasteiger partial charge < -0.3 is 10.2 Å². The van der Waals surface area contributed by atoms with Crippen molar-refractivity contribution in [2.45, 2.75) is 43.4 Å². The van der Waals surface area contributed by atoms with Crippen molar-refractivity contribution in [3.63, 3.8) is 0 Å². The van der Waals surface area contributed by atoms with Gasteiger partial charge in [0.1, 0.15) is 0 Å². The van der Waals surface area contributed by atoms with E-state index in [1.165, 1.54) is 12.8 Å². The molecule has 0 radical (unpaired) electrons. The zero-order chi connectivity index (χ0) is 12.3. The first-order chi connectivity index (χ1) is 8.20. The van der Waals surface area contributed by atoms with Crippen LogP contribution >= 0.6 is 11.8 Å². The Morgan fingerprint density at radius 1 is 1.24 bits per heavy atom. The molecule has 2 amide bonds. The highest BCUT2D eigenvalue weighted by molar-refractivity contribution is 7.99. The Kier molecular flexibility index (Phi) is 4.31. The average molecular weight is 256 g/mol. The van der Waals surface area contributed by atoms with Gasteiger partial charge in [-0.3, -0.25) is 9.59 Å². The van der Waals surface area contributed by atoms with Crippen LogP contribution in [0.4, 0.5) is 0 Å². The van der Waals surface area contributed by atoms with Gasteiger partial charge in [-0.25, -0.2) is 0 Å². The molecule has 0 spiro atoms. The van der Waals surface area contributed by atoms with E-state index in [4.69, 9.17) is 0 Å². The van der Waals surface area contributed by atoms with E-state index in [9.17, 15) is 9.59 Å². The molecule has 2 fully saturated rings. The summed E-state index contributed by atoms with van der Waals surface area (Å²) < 4.78 is 0. The molecular weight excluding hydrogens is 236 g/mol. The zero-order valence-electron chi connectivity index (χ0n) is 10.3. The second-order valence-corrected chi connectivity index (χ2v) is 5.92. The normalized spacial score (nSPS) is 31.0. The highest BCUT2D eigenvalue weighted by Gasteiger charge is 2.30. The maximum Gasteiger partial charge on any atom is 0.242 e. The third-order valence-electron chi connectivity index (χ3n) is 3.75. The van der Waals surface area contributed by atoms with Crippen molar-refractivity contribution in [3.8, 4) is 0 Å². The molecule has 17 heavy (non-hydrogen) atoms. The Hall–Kier alpha value is -0.710. The maximum atomic E-state index is 11.9. The monoisotopic (exact) mass is 256 g/mol. The largest absolute Gasteiger partial charge is 0.347 e. The van der Waals surface area contributed by atoms with Crippen LogP contribution in [0.5, 0.6) is 0 Å². The van der Waals surface area contributed by atoms with Crippen molar-refractivity contribution < 1.29 is 9.59 Å². The lowest BCUT2D eigenvalue weighted by Crippen LogP contribution is -2.44. The van der Waals surface area contributed by atoms with Crippen molar-refractivity contribution >= 4 is 23.6 Å². The lowest BCUT2D eigenvalue weighted by Gasteiger charge is -2.35. The predicted octanol–water partition coefficient (Wildman–Crippen LogP) is 1.01. The van der Waals surface area contributed by atoms with Crippen molar-refractivity contribution in [1.82, 2.24) is 10.2 Å². The minimum atomic E-state index is -0.00125. The van der Waals surface area contributed by atoms with E-state index in [-0.39, 0.29) is 18.4 Å². The van der Waals surface area contributed by atoms with Gasteiger partial charge in [0.15, 0.2) is 0 Å². The first kappa shape index (κ1) is 12.7. The van der Waals surface area contributed by atoms with Gasteiger partial charge in [-0.15, -0.1) is 0 Å². The third-order valence-corrected chi connectivity index (χ3v) is 4.89. The van der Waals surface area contributed by atoms with E-state index < -0.39 is 0 Å². The van der Waals surface area contributed by atoms with Gasteiger partial charge in [0.2, 0.25) is 11.8 Å². The SMILES string of the molecule is CSC1CCC(N2CCC(=O)NCC2=O)CC1. The van der Waals surface area contributed by atoms with Crippen LogP contribution in [0.2, 0.25) is 0 Å². The lowest BCUT2D eigenvalue weighted by atomic mass is 9.93. The number of thioether (sulfide) groups is 1. The van der Waals surface area contributed by atoms with Crippen LogP contribution in [0.15, 0.2) is 0 Å². The number of carbonyl (C=O) groups is 2. The first-order valence-corrected chi connectivity index (χ1v) is 7.58. The highest BCUT2D eigenvalue weighted by atomic mass is 32.2. The summed E-state index contributed by atoms with van der Waals surface area (Å²) >= 11 is 1.93. The number of amides is 2. The van der Waals surface area contributed by atoms with Gasteiger partial charge in [0.25, 0.3) is 0 Å². The summed E-state index contributed by atoms with van der Waals surface area (Å²) in [6.45, 7) is 0.778. The predicted molar refractivity (Wildman–Crippen MR) is 68.9 cm³/mol. The Morgan fingerprint density at radius 3 is 2.59 bits per heavy atom. The molecule has 0 aromatic heterocycles. The Balaban J connectivity index is 1.92.